The molecule has 2 rings (SSSR count). The van der Waals surface area contributed by atoms with E-state index in [9.17, 15) is 9.59 Å². The largest absolute Gasteiger partial charge is 0.483 e. The van der Waals surface area contributed by atoms with Crippen molar-refractivity contribution in [2.75, 3.05) is 19.7 Å². The van der Waals surface area contributed by atoms with Gasteiger partial charge in [0.05, 0.1) is 5.92 Å². The number of primary amides is 1. The SMILES string of the molecule is Cc1cc(Cl)c(C(C)C)cc1OCC(=O)N1CCCC(C(N)=O)C1. The van der Waals surface area contributed by atoms with Gasteiger partial charge in [0, 0.05) is 18.1 Å². The molecule has 0 aromatic heterocycles. The number of carbonyl (C=O) groups excluding carboxylic acids is 2. The smallest absolute Gasteiger partial charge is 0.260 e. The van der Waals surface area contributed by atoms with Crippen LogP contribution in [-0.2, 0) is 9.59 Å². The number of halogens is 1. The second kappa shape index (κ2) is 7.88. The lowest BCUT2D eigenvalue weighted by Crippen LogP contribution is -2.45. The van der Waals surface area contributed by atoms with Crippen molar-refractivity contribution in [3.63, 3.8) is 0 Å². The van der Waals surface area contributed by atoms with Crippen LogP contribution >= 0.6 is 11.6 Å². The fourth-order valence-corrected chi connectivity index (χ4v) is 3.37. The van der Waals surface area contributed by atoms with Gasteiger partial charge in [0.25, 0.3) is 5.91 Å². The molecule has 1 atom stereocenters. The molecule has 1 aromatic carbocycles. The van der Waals surface area contributed by atoms with Crippen LogP contribution in [0.15, 0.2) is 12.1 Å². The van der Waals surface area contributed by atoms with E-state index >= 15 is 0 Å². The predicted octanol–water partition coefficient (Wildman–Crippen LogP) is 2.87. The zero-order valence-electron chi connectivity index (χ0n) is 14.5. The minimum absolute atomic E-state index is 0.0501. The van der Waals surface area contributed by atoms with Gasteiger partial charge in [-0.1, -0.05) is 25.4 Å². The fourth-order valence-electron chi connectivity index (χ4n) is 2.93. The topological polar surface area (TPSA) is 72.6 Å². The maximum atomic E-state index is 12.4. The first-order valence-corrected chi connectivity index (χ1v) is 8.67. The van der Waals surface area contributed by atoms with Crippen molar-refractivity contribution < 1.29 is 14.3 Å². The van der Waals surface area contributed by atoms with Crippen LogP contribution in [0, 0.1) is 12.8 Å². The maximum absolute atomic E-state index is 12.4. The molecule has 1 fully saturated rings. The third-order valence-electron chi connectivity index (χ3n) is 4.44. The van der Waals surface area contributed by atoms with E-state index in [1.165, 1.54) is 0 Å². The Morgan fingerprint density at radius 1 is 1.42 bits per heavy atom. The fraction of sp³-hybridized carbons (Fsp3) is 0.556. The molecule has 132 valence electrons. The number of piperidine rings is 1. The minimum Gasteiger partial charge on any atom is -0.483 e. The van der Waals surface area contributed by atoms with E-state index in [4.69, 9.17) is 22.1 Å². The molecule has 24 heavy (non-hydrogen) atoms. The van der Waals surface area contributed by atoms with Gasteiger partial charge in [0.2, 0.25) is 5.91 Å². The van der Waals surface area contributed by atoms with Gasteiger partial charge in [0.15, 0.2) is 6.61 Å². The lowest BCUT2D eigenvalue weighted by molar-refractivity contribution is -0.136. The highest BCUT2D eigenvalue weighted by atomic mass is 35.5. The number of nitrogens with zero attached hydrogens (tertiary/aromatic N) is 1. The number of ether oxygens (including phenoxy) is 1. The summed E-state index contributed by atoms with van der Waals surface area (Å²) in [7, 11) is 0. The molecule has 0 saturated carbocycles. The molecule has 1 aromatic rings. The molecule has 0 spiro atoms. The monoisotopic (exact) mass is 352 g/mol. The van der Waals surface area contributed by atoms with Crippen molar-refractivity contribution in [3.05, 3.63) is 28.3 Å². The van der Waals surface area contributed by atoms with E-state index in [1.54, 1.807) is 4.90 Å². The number of hydrogen-bond donors (Lipinski definition) is 1. The highest BCUT2D eigenvalue weighted by Crippen LogP contribution is 2.31. The third kappa shape index (κ3) is 4.41. The van der Waals surface area contributed by atoms with Gasteiger partial charge in [-0.25, -0.2) is 0 Å². The van der Waals surface area contributed by atoms with E-state index < -0.39 is 0 Å². The van der Waals surface area contributed by atoms with Gasteiger partial charge in [0.1, 0.15) is 5.75 Å². The van der Waals surface area contributed by atoms with E-state index in [2.05, 4.69) is 13.8 Å². The molecule has 1 heterocycles. The summed E-state index contributed by atoms with van der Waals surface area (Å²) in [6.07, 6.45) is 1.53. The second-order valence-corrected chi connectivity index (χ2v) is 7.07. The van der Waals surface area contributed by atoms with Crippen molar-refractivity contribution in [3.8, 4) is 5.75 Å². The lowest BCUT2D eigenvalue weighted by atomic mass is 9.97. The Morgan fingerprint density at radius 2 is 2.12 bits per heavy atom. The van der Waals surface area contributed by atoms with Gasteiger partial charge in [-0.2, -0.15) is 0 Å². The molecule has 5 nitrogen and oxygen atoms in total. The molecular formula is C18H25ClN2O3. The molecule has 0 aliphatic carbocycles. The Kier molecular flexibility index (Phi) is 6.10. The Labute approximate surface area is 148 Å². The summed E-state index contributed by atoms with van der Waals surface area (Å²) in [6, 6.07) is 3.76. The molecule has 6 heteroatoms. The average molecular weight is 353 g/mol. The molecule has 1 unspecified atom stereocenters. The summed E-state index contributed by atoms with van der Waals surface area (Å²) in [5.74, 6) is 0.215. The van der Waals surface area contributed by atoms with E-state index in [-0.39, 0.29) is 30.3 Å². The minimum atomic E-state index is -0.344. The summed E-state index contributed by atoms with van der Waals surface area (Å²) in [5.41, 5.74) is 7.24. The van der Waals surface area contributed by atoms with Crippen molar-refractivity contribution in [2.45, 2.75) is 39.5 Å². The van der Waals surface area contributed by atoms with Gasteiger partial charge >= 0.3 is 0 Å². The summed E-state index contributed by atoms with van der Waals surface area (Å²) < 4.78 is 5.73. The molecule has 1 aliphatic rings. The van der Waals surface area contributed by atoms with Crippen molar-refractivity contribution >= 4 is 23.4 Å². The Bertz CT molecular complexity index is 631. The van der Waals surface area contributed by atoms with Crippen LogP contribution in [0.4, 0.5) is 0 Å². The van der Waals surface area contributed by atoms with Gasteiger partial charge in [-0.3, -0.25) is 9.59 Å². The molecule has 1 saturated heterocycles. The third-order valence-corrected chi connectivity index (χ3v) is 4.77. The molecule has 2 amide bonds. The number of likely N-dealkylation sites (tertiary alicyclic amines) is 1. The van der Waals surface area contributed by atoms with Crippen LogP contribution in [-0.4, -0.2) is 36.4 Å². The Hall–Kier alpha value is -1.75. The highest BCUT2D eigenvalue weighted by molar-refractivity contribution is 6.31. The van der Waals surface area contributed by atoms with Gasteiger partial charge in [-0.15, -0.1) is 0 Å². The molecule has 0 bridgehead atoms. The van der Waals surface area contributed by atoms with Crippen LogP contribution in [0.2, 0.25) is 5.02 Å². The zero-order chi connectivity index (χ0) is 17.9. The predicted molar refractivity (Wildman–Crippen MR) is 94.3 cm³/mol. The maximum Gasteiger partial charge on any atom is 0.260 e. The van der Waals surface area contributed by atoms with Crippen LogP contribution < -0.4 is 10.5 Å². The van der Waals surface area contributed by atoms with Crippen LogP contribution in [0.3, 0.4) is 0 Å². The normalized spacial score (nSPS) is 17.9. The van der Waals surface area contributed by atoms with Crippen molar-refractivity contribution in [1.82, 2.24) is 4.90 Å². The summed E-state index contributed by atoms with van der Waals surface area (Å²) in [6.45, 7) is 6.99. The van der Waals surface area contributed by atoms with E-state index in [1.807, 2.05) is 19.1 Å². The van der Waals surface area contributed by atoms with Crippen molar-refractivity contribution in [2.24, 2.45) is 11.7 Å². The number of nitrogens with two attached hydrogens (primary N) is 1. The van der Waals surface area contributed by atoms with Crippen molar-refractivity contribution in [1.29, 1.82) is 0 Å². The summed E-state index contributed by atoms with van der Waals surface area (Å²) >= 11 is 6.25. The molecule has 0 radical (unpaired) electrons. The number of aryl methyl sites for hydroxylation is 1. The number of hydrogen-bond acceptors (Lipinski definition) is 3. The average Bonchev–Trinajstić information content (AvgIpc) is 2.53. The first-order valence-electron chi connectivity index (χ1n) is 8.29. The molecule has 1 aliphatic heterocycles. The zero-order valence-corrected chi connectivity index (χ0v) is 15.2. The number of carbonyl (C=O) groups is 2. The number of rotatable bonds is 5. The highest BCUT2D eigenvalue weighted by Gasteiger charge is 2.27. The summed E-state index contributed by atoms with van der Waals surface area (Å²) in [5, 5.41) is 0.710. The quantitative estimate of drug-likeness (QED) is 0.885. The van der Waals surface area contributed by atoms with Crippen LogP contribution in [0.1, 0.15) is 43.7 Å². The molecular weight excluding hydrogens is 328 g/mol. The first kappa shape index (κ1) is 18.6. The number of benzene rings is 1. The van der Waals surface area contributed by atoms with Gasteiger partial charge in [-0.05, 0) is 48.9 Å². The van der Waals surface area contributed by atoms with Gasteiger partial charge < -0.3 is 15.4 Å². The lowest BCUT2D eigenvalue weighted by Gasteiger charge is -2.31. The number of amides is 2. The Morgan fingerprint density at radius 3 is 2.75 bits per heavy atom. The molecule has 2 N–H and O–H groups in total. The van der Waals surface area contributed by atoms with Crippen LogP contribution in [0.25, 0.3) is 0 Å². The standard InChI is InChI=1S/C18H25ClN2O3/c1-11(2)14-8-16(12(3)7-15(14)19)24-10-17(22)21-6-4-5-13(9-21)18(20)23/h7-8,11,13H,4-6,9-10H2,1-3H3,(H2,20,23). The van der Waals surface area contributed by atoms with Crippen LogP contribution in [0.5, 0.6) is 5.75 Å². The summed E-state index contributed by atoms with van der Waals surface area (Å²) in [4.78, 5) is 25.3. The Balaban J connectivity index is 2.01. The van der Waals surface area contributed by atoms with E-state index in [0.717, 1.165) is 24.0 Å². The second-order valence-electron chi connectivity index (χ2n) is 6.66. The first-order chi connectivity index (χ1) is 11.3. The van der Waals surface area contributed by atoms with E-state index in [0.29, 0.717) is 23.9 Å².